The number of rotatable bonds is 13. The summed E-state index contributed by atoms with van der Waals surface area (Å²) in [5.41, 5.74) is 2.58. The summed E-state index contributed by atoms with van der Waals surface area (Å²) in [7, 11) is 3.21. The Balaban J connectivity index is 1.50. The van der Waals surface area contributed by atoms with Gasteiger partial charge in [-0.05, 0) is 60.7 Å². The van der Waals surface area contributed by atoms with Gasteiger partial charge in [0, 0.05) is 23.9 Å². The number of carbonyl (C=O) groups excluding carboxylic acids is 1. The normalized spacial score (nSPS) is 10.8. The number of phenolic OH excluding ortho intramolecular Hbond substituents is 1. The van der Waals surface area contributed by atoms with Crippen molar-refractivity contribution < 1.29 is 28.8 Å². The third-order valence-electron chi connectivity index (χ3n) is 5.59. The van der Waals surface area contributed by atoms with Gasteiger partial charge < -0.3 is 29.4 Å². The first kappa shape index (κ1) is 27.6. The van der Waals surface area contributed by atoms with Crippen LogP contribution in [0.15, 0.2) is 72.8 Å². The van der Waals surface area contributed by atoms with Crippen LogP contribution in [0.1, 0.15) is 0 Å². The molecule has 202 valence electrons. The van der Waals surface area contributed by atoms with E-state index >= 15 is 0 Å². The lowest BCUT2D eigenvalue weighted by atomic mass is 10.1. The molecule has 0 atom stereocenters. The van der Waals surface area contributed by atoms with Gasteiger partial charge in [-0.15, -0.1) is 0 Å². The highest BCUT2D eigenvalue weighted by molar-refractivity contribution is 5.91. The van der Waals surface area contributed by atoms with Gasteiger partial charge in [0.2, 0.25) is 5.91 Å². The number of hydrogen-bond donors (Lipinski definition) is 2. The second-order valence-corrected chi connectivity index (χ2v) is 8.34. The number of nitrogens with one attached hydrogen (secondary N) is 1. The lowest BCUT2D eigenvalue weighted by Crippen LogP contribution is -2.20. The Morgan fingerprint density at radius 1 is 0.744 bits per heavy atom. The van der Waals surface area contributed by atoms with E-state index in [-0.39, 0.29) is 18.3 Å². The molecule has 4 aromatic rings. The van der Waals surface area contributed by atoms with Crippen LogP contribution in [-0.4, -0.2) is 73.2 Å². The minimum Gasteiger partial charge on any atom is -0.507 e. The number of phenols is 1. The van der Waals surface area contributed by atoms with Crippen LogP contribution < -0.4 is 10.1 Å². The SMILES string of the molecule is COCCOCCOCC(=O)Nc1ccc(-c2nc(-c3ccc(OC)cc3)nc(-c3ccccc3O)n2)cc1. The minimum atomic E-state index is -0.275. The molecule has 0 spiro atoms. The van der Waals surface area contributed by atoms with Crippen LogP contribution in [0, 0.1) is 0 Å². The van der Waals surface area contributed by atoms with E-state index in [2.05, 4.69) is 20.3 Å². The summed E-state index contributed by atoms with van der Waals surface area (Å²) >= 11 is 0. The molecule has 0 fully saturated rings. The molecule has 0 saturated carbocycles. The summed E-state index contributed by atoms with van der Waals surface area (Å²) in [6, 6.07) is 21.4. The van der Waals surface area contributed by atoms with Crippen LogP contribution in [0.5, 0.6) is 11.5 Å². The van der Waals surface area contributed by atoms with Crippen LogP contribution in [0.4, 0.5) is 5.69 Å². The zero-order valence-corrected chi connectivity index (χ0v) is 21.8. The molecule has 0 aliphatic rings. The van der Waals surface area contributed by atoms with E-state index in [1.54, 1.807) is 50.6 Å². The van der Waals surface area contributed by atoms with Gasteiger partial charge in [-0.3, -0.25) is 4.79 Å². The number of anilines is 1. The van der Waals surface area contributed by atoms with E-state index in [1.807, 2.05) is 36.4 Å². The van der Waals surface area contributed by atoms with Gasteiger partial charge in [-0.1, -0.05) is 12.1 Å². The lowest BCUT2D eigenvalue weighted by Gasteiger charge is -2.10. The van der Waals surface area contributed by atoms with Crippen LogP contribution in [0.2, 0.25) is 0 Å². The number of hydrogen-bond acceptors (Lipinski definition) is 9. The Kier molecular flexibility index (Phi) is 9.90. The molecular formula is C29H30N4O6. The molecule has 0 saturated heterocycles. The van der Waals surface area contributed by atoms with Gasteiger partial charge in [0.1, 0.15) is 18.1 Å². The van der Waals surface area contributed by atoms with E-state index in [0.29, 0.717) is 66.5 Å². The van der Waals surface area contributed by atoms with Crippen molar-refractivity contribution in [3.8, 4) is 45.7 Å². The number of carbonyl (C=O) groups is 1. The van der Waals surface area contributed by atoms with E-state index < -0.39 is 0 Å². The fourth-order valence-electron chi connectivity index (χ4n) is 3.58. The first-order valence-electron chi connectivity index (χ1n) is 12.3. The molecule has 1 heterocycles. The van der Waals surface area contributed by atoms with E-state index in [9.17, 15) is 9.90 Å². The van der Waals surface area contributed by atoms with Gasteiger partial charge >= 0.3 is 0 Å². The summed E-state index contributed by atoms with van der Waals surface area (Å²) in [4.78, 5) is 26.1. The first-order valence-corrected chi connectivity index (χ1v) is 12.3. The molecule has 0 unspecified atom stereocenters. The highest BCUT2D eigenvalue weighted by atomic mass is 16.5. The van der Waals surface area contributed by atoms with Crippen LogP contribution in [-0.2, 0) is 19.0 Å². The maximum atomic E-state index is 12.2. The Hall–Kier alpha value is -4.38. The van der Waals surface area contributed by atoms with Crippen LogP contribution in [0.25, 0.3) is 34.2 Å². The fraction of sp³-hybridized carbons (Fsp3) is 0.241. The Labute approximate surface area is 226 Å². The van der Waals surface area contributed by atoms with Crippen LogP contribution in [0.3, 0.4) is 0 Å². The second kappa shape index (κ2) is 14.0. The minimum absolute atomic E-state index is 0.0668. The Bertz CT molecular complexity index is 1360. The molecule has 2 N–H and O–H groups in total. The van der Waals surface area contributed by atoms with E-state index in [4.69, 9.17) is 18.9 Å². The van der Waals surface area contributed by atoms with Crippen molar-refractivity contribution in [2.75, 3.05) is 52.6 Å². The monoisotopic (exact) mass is 530 g/mol. The molecule has 0 radical (unpaired) electrons. The molecule has 0 aliphatic heterocycles. The first-order chi connectivity index (χ1) is 19.1. The number of aromatic nitrogens is 3. The maximum absolute atomic E-state index is 12.2. The van der Waals surface area contributed by atoms with Crippen molar-refractivity contribution >= 4 is 11.6 Å². The molecule has 0 bridgehead atoms. The molecular weight excluding hydrogens is 500 g/mol. The fourth-order valence-corrected chi connectivity index (χ4v) is 3.58. The molecule has 3 aromatic carbocycles. The quantitative estimate of drug-likeness (QED) is 0.245. The van der Waals surface area contributed by atoms with Gasteiger partial charge in [0.05, 0.1) is 39.1 Å². The van der Waals surface area contributed by atoms with Gasteiger partial charge in [-0.2, -0.15) is 0 Å². The number of amides is 1. The standard InChI is InChI=1S/C29H30N4O6/c1-36-15-16-38-17-18-39-19-26(35)30-22-11-7-20(8-12-22)27-31-28(21-9-13-23(37-2)14-10-21)33-29(32-27)24-5-3-4-6-25(24)34/h3-14,34H,15-19H2,1-2H3,(H,30,35). The number of benzene rings is 3. The summed E-state index contributed by atoms with van der Waals surface area (Å²) in [6.45, 7) is 1.61. The number of para-hydroxylation sites is 1. The maximum Gasteiger partial charge on any atom is 0.250 e. The molecule has 39 heavy (non-hydrogen) atoms. The van der Waals surface area contributed by atoms with Crippen molar-refractivity contribution in [2.45, 2.75) is 0 Å². The second-order valence-electron chi connectivity index (χ2n) is 8.34. The number of nitrogens with zero attached hydrogens (tertiary/aromatic N) is 3. The Morgan fingerprint density at radius 3 is 1.97 bits per heavy atom. The predicted octanol–water partition coefficient (Wildman–Crippen LogP) is 4.20. The van der Waals surface area contributed by atoms with Crippen molar-refractivity contribution in [1.82, 2.24) is 15.0 Å². The average Bonchev–Trinajstić information content (AvgIpc) is 2.97. The van der Waals surface area contributed by atoms with Crippen molar-refractivity contribution in [3.63, 3.8) is 0 Å². The summed E-state index contributed by atoms with van der Waals surface area (Å²) in [5.74, 6) is 1.71. The molecule has 4 rings (SSSR count). The molecule has 1 amide bonds. The van der Waals surface area contributed by atoms with E-state index in [0.717, 1.165) is 5.56 Å². The highest BCUT2D eigenvalue weighted by Crippen LogP contribution is 2.30. The summed E-state index contributed by atoms with van der Waals surface area (Å²) < 4.78 is 20.8. The number of methoxy groups -OCH3 is 2. The molecule has 10 heteroatoms. The smallest absolute Gasteiger partial charge is 0.250 e. The van der Waals surface area contributed by atoms with Crippen molar-refractivity contribution in [1.29, 1.82) is 0 Å². The highest BCUT2D eigenvalue weighted by Gasteiger charge is 2.15. The van der Waals surface area contributed by atoms with Gasteiger partial charge in [-0.25, -0.2) is 15.0 Å². The predicted molar refractivity (Wildman–Crippen MR) is 146 cm³/mol. The largest absolute Gasteiger partial charge is 0.507 e. The van der Waals surface area contributed by atoms with E-state index in [1.165, 1.54) is 0 Å². The molecule has 10 nitrogen and oxygen atoms in total. The van der Waals surface area contributed by atoms with Crippen molar-refractivity contribution in [2.24, 2.45) is 0 Å². The summed E-state index contributed by atoms with van der Waals surface area (Å²) in [5, 5.41) is 13.2. The Morgan fingerprint density at radius 2 is 1.33 bits per heavy atom. The molecule has 0 aliphatic carbocycles. The van der Waals surface area contributed by atoms with Gasteiger partial charge in [0.25, 0.3) is 0 Å². The summed E-state index contributed by atoms with van der Waals surface area (Å²) in [6.07, 6.45) is 0. The van der Waals surface area contributed by atoms with Gasteiger partial charge in [0.15, 0.2) is 17.5 Å². The lowest BCUT2D eigenvalue weighted by molar-refractivity contribution is -0.121. The topological polar surface area (TPSA) is 125 Å². The van der Waals surface area contributed by atoms with Crippen LogP contribution >= 0.6 is 0 Å². The van der Waals surface area contributed by atoms with Crippen molar-refractivity contribution in [3.05, 3.63) is 72.8 Å². The zero-order chi connectivity index (χ0) is 27.5. The average molecular weight is 531 g/mol. The molecule has 1 aromatic heterocycles. The third-order valence-corrected chi connectivity index (χ3v) is 5.59. The number of aromatic hydroxyl groups is 1. The third kappa shape index (κ3) is 7.81. The number of ether oxygens (including phenoxy) is 4. The zero-order valence-electron chi connectivity index (χ0n) is 21.8.